The van der Waals surface area contributed by atoms with Gasteiger partial charge >= 0.3 is 0 Å². The standard InChI is InChI=1S/C37H34N4/c1-25-10-8-9-15-32(25)34-22-33(27-11-4-2-5-12-27)36(23-35(34)38)41-31-19-18-29-20-26(16-17-30(29)21-31)24-40-37(39)28-13-6-3-7-14-28/h2-25,32,37,41H,38-39H2,1H3/b40-24+. The number of benzene rings is 5. The molecule has 0 amide bonds. The lowest BCUT2D eigenvalue weighted by molar-refractivity contribution is 0.637. The second-order valence-corrected chi connectivity index (χ2v) is 10.6. The van der Waals surface area contributed by atoms with E-state index in [4.69, 9.17) is 11.5 Å². The minimum Gasteiger partial charge on any atom is -0.398 e. The molecule has 0 radical (unpaired) electrons. The summed E-state index contributed by atoms with van der Waals surface area (Å²) in [7, 11) is 0. The molecular formula is C37H34N4. The monoisotopic (exact) mass is 534 g/mol. The van der Waals surface area contributed by atoms with E-state index < -0.39 is 0 Å². The van der Waals surface area contributed by atoms with Gasteiger partial charge < -0.3 is 16.8 Å². The predicted octanol–water partition coefficient (Wildman–Crippen LogP) is 8.75. The van der Waals surface area contributed by atoms with Crippen molar-refractivity contribution in [2.24, 2.45) is 16.6 Å². The summed E-state index contributed by atoms with van der Waals surface area (Å²) in [6, 6.07) is 37.5. The van der Waals surface area contributed by atoms with Crippen LogP contribution in [0.4, 0.5) is 17.1 Å². The lowest BCUT2D eigenvalue weighted by Crippen LogP contribution is -2.10. The van der Waals surface area contributed by atoms with Crippen LogP contribution in [0.15, 0.2) is 138 Å². The second kappa shape index (κ2) is 11.7. The van der Waals surface area contributed by atoms with Gasteiger partial charge in [0.25, 0.3) is 0 Å². The summed E-state index contributed by atoms with van der Waals surface area (Å²) in [5.74, 6) is 0.631. The number of nitrogens with one attached hydrogen (secondary N) is 1. The van der Waals surface area contributed by atoms with Crippen LogP contribution in [0.3, 0.4) is 0 Å². The van der Waals surface area contributed by atoms with Crippen molar-refractivity contribution in [3.63, 3.8) is 0 Å². The quantitative estimate of drug-likeness (QED) is 0.144. The summed E-state index contributed by atoms with van der Waals surface area (Å²) >= 11 is 0. The van der Waals surface area contributed by atoms with Crippen LogP contribution in [-0.2, 0) is 0 Å². The molecule has 1 aliphatic carbocycles. The Balaban J connectivity index is 1.29. The van der Waals surface area contributed by atoms with Gasteiger partial charge in [-0.3, -0.25) is 4.99 Å². The van der Waals surface area contributed by atoms with Crippen LogP contribution in [0.5, 0.6) is 0 Å². The summed E-state index contributed by atoms with van der Waals surface area (Å²) in [6.07, 6.45) is 10.2. The number of fused-ring (bicyclic) bond motifs is 1. The Kier molecular flexibility index (Phi) is 7.48. The van der Waals surface area contributed by atoms with Gasteiger partial charge in [0.2, 0.25) is 0 Å². The van der Waals surface area contributed by atoms with Gasteiger partial charge in [-0.1, -0.05) is 110 Å². The SMILES string of the molecule is CC1C=CC=CC1c1cc(-c2ccccc2)c(Nc2ccc3cc(/C=N/C(N)c4ccccc4)ccc3c2)cc1N. The van der Waals surface area contributed by atoms with Gasteiger partial charge in [0, 0.05) is 34.8 Å². The van der Waals surface area contributed by atoms with Crippen LogP contribution in [0.25, 0.3) is 21.9 Å². The van der Waals surface area contributed by atoms with Gasteiger partial charge in [-0.2, -0.15) is 0 Å². The molecule has 6 rings (SSSR count). The molecule has 4 nitrogen and oxygen atoms in total. The number of nitrogens with two attached hydrogens (primary N) is 2. The predicted molar refractivity (Wildman–Crippen MR) is 175 cm³/mol. The van der Waals surface area contributed by atoms with E-state index in [0.29, 0.717) is 5.92 Å². The molecule has 0 bridgehead atoms. The van der Waals surface area contributed by atoms with Crippen molar-refractivity contribution in [3.05, 3.63) is 150 Å². The molecule has 1 aliphatic rings. The third-order valence-corrected chi connectivity index (χ3v) is 7.75. The van der Waals surface area contributed by atoms with Crippen LogP contribution < -0.4 is 16.8 Å². The van der Waals surface area contributed by atoms with Gasteiger partial charge in [-0.05, 0) is 69.3 Å². The molecule has 0 fully saturated rings. The Morgan fingerprint density at radius 2 is 1.49 bits per heavy atom. The van der Waals surface area contributed by atoms with Gasteiger partial charge in [0.05, 0.1) is 0 Å². The highest BCUT2D eigenvalue weighted by atomic mass is 14.9. The number of nitrogen functional groups attached to an aromatic ring is 1. The number of hydrogen-bond acceptors (Lipinski definition) is 4. The van der Waals surface area contributed by atoms with Crippen molar-refractivity contribution >= 4 is 34.0 Å². The number of aliphatic imine (C=N–C) groups is 1. The van der Waals surface area contributed by atoms with Crippen molar-refractivity contribution in [1.29, 1.82) is 0 Å². The number of rotatable bonds is 7. The molecular weight excluding hydrogens is 500 g/mol. The third-order valence-electron chi connectivity index (χ3n) is 7.75. The van der Waals surface area contributed by atoms with Crippen molar-refractivity contribution < 1.29 is 0 Å². The molecule has 5 aromatic rings. The molecule has 4 heteroatoms. The number of hydrogen-bond donors (Lipinski definition) is 3. The second-order valence-electron chi connectivity index (χ2n) is 10.6. The Morgan fingerprint density at radius 1 is 0.780 bits per heavy atom. The molecule has 3 unspecified atom stereocenters. The summed E-state index contributed by atoms with van der Waals surface area (Å²) in [6.45, 7) is 2.24. The fraction of sp³-hybridized carbons (Fsp3) is 0.108. The maximum Gasteiger partial charge on any atom is 0.123 e. The first-order valence-corrected chi connectivity index (χ1v) is 14.0. The van der Waals surface area contributed by atoms with Gasteiger partial charge in [-0.25, -0.2) is 0 Å². The molecule has 3 atom stereocenters. The summed E-state index contributed by atoms with van der Waals surface area (Å²) in [4.78, 5) is 4.56. The molecule has 0 heterocycles. The van der Waals surface area contributed by atoms with Gasteiger partial charge in [0.15, 0.2) is 0 Å². The fourth-order valence-electron chi connectivity index (χ4n) is 5.47. The summed E-state index contributed by atoms with van der Waals surface area (Å²) in [5.41, 5.74) is 21.2. The fourth-order valence-corrected chi connectivity index (χ4v) is 5.47. The molecule has 5 N–H and O–H groups in total. The highest BCUT2D eigenvalue weighted by Gasteiger charge is 2.21. The minimum atomic E-state index is -0.384. The van der Waals surface area contributed by atoms with Crippen molar-refractivity contribution in [2.75, 3.05) is 11.1 Å². The zero-order chi connectivity index (χ0) is 28.2. The van der Waals surface area contributed by atoms with Crippen LogP contribution in [-0.4, -0.2) is 6.21 Å². The zero-order valence-corrected chi connectivity index (χ0v) is 23.1. The average Bonchev–Trinajstić information content (AvgIpc) is 3.01. The summed E-state index contributed by atoms with van der Waals surface area (Å²) < 4.78 is 0. The van der Waals surface area contributed by atoms with Crippen molar-refractivity contribution in [1.82, 2.24) is 0 Å². The van der Waals surface area contributed by atoms with E-state index in [1.54, 1.807) is 0 Å². The van der Waals surface area contributed by atoms with E-state index in [9.17, 15) is 0 Å². The molecule has 0 saturated heterocycles. The number of allylic oxidation sites excluding steroid dienone is 4. The van der Waals surface area contributed by atoms with E-state index in [1.807, 2.05) is 42.6 Å². The molecule has 5 aromatic carbocycles. The topological polar surface area (TPSA) is 76.4 Å². The maximum atomic E-state index is 6.69. The third kappa shape index (κ3) is 5.84. The van der Waals surface area contributed by atoms with Crippen molar-refractivity contribution in [3.8, 4) is 11.1 Å². The zero-order valence-electron chi connectivity index (χ0n) is 23.1. The molecule has 0 aromatic heterocycles. The highest BCUT2D eigenvalue weighted by Crippen LogP contribution is 2.40. The first kappa shape index (κ1) is 26.3. The molecule has 202 valence electrons. The smallest absolute Gasteiger partial charge is 0.123 e. The minimum absolute atomic E-state index is 0.247. The van der Waals surface area contributed by atoms with E-state index in [1.165, 1.54) is 0 Å². The van der Waals surface area contributed by atoms with E-state index in [-0.39, 0.29) is 12.1 Å². The number of nitrogens with zero attached hydrogens (tertiary/aromatic N) is 1. The highest BCUT2D eigenvalue weighted by molar-refractivity contribution is 5.93. The molecule has 0 spiro atoms. The largest absolute Gasteiger partial charge is 0.398 e. The maximum absolute atomic E-state index is 6.69. The van der Waals surface area contributed by atoms with Crippen molar-refractivity contribution in [2.45, 2.75) is 19.0 Å². The molecule has 0 aliphatic heterocycles. The first-order valence-electron chi connectivity index (χ1n) is 14.0. The Labute approximate surface area is 241 Å². The normalized spacial score (nSPS) is 17.2. The van der Waals surface area contributed by atoms with E-state index in [0.717, 1.165) is 55.7 Å². The lowest BCUT2D eigenvalue weighted by Gasteiger charge is -2.25. The van der Waals surface area contributed by atoms with Crippen LogP contribution in [0.1, 0.15) is 35.7 Å². The Bertz CT molecular complexity index is 1750. The van der Waals surface area contributed by atoms with E-state index >= 15 is 0 Å². The van der Waals surface area contributed by atoms with E-state index in [2.05, 4.69) is 114 Å². The van der Waals surface area contributed by atoms with Gasteiger partial charge in [0.1, 0.15) is 6.17 Å². The van der Waals surface area contributed by atoms with Gasteiger partial charge in [-0.15, -0.1) is 0 Å². The average molecular weight is 535 g/mol. The Morgan fingerprint density at radius 3 is 2.27 bits per heavy atom. The Hall–Kier alpha value is -4.93. The number of anilines is 3. The van der Waals surface area contributed by atoms with Crippen LogP contribution in [0, 0.1) is 5.92 Å². The molecule has 41 heavy (non-hydrogen) atoms. The van der Waals surface area contributed by atoms with Crippen LogP contribution in [0.2, 0.25) is 0 Å². The first-order chi connectivity index (χ1) is 20.0. The molecule has 0 saturated carbocycles. The lowest BCUT2D eigenvalue weighted by atomic mass is 9.82. The summed E-state index contributed by atoms with van der Waals surface area (Å²) in [5, 5.41) is 5.94. The van der Waals surface area contributed by atoms with Crippen LogP contribution >= 0.6 is 0 Å².